The minimum atomic E-state index is -0.537. The van der Waals surface area contributed by atoms with Crippen molar-refractivity contribution in [2.24, 2.45) is 0 Å². The second-order valence-electron chi connectivity index (χ2n) is 3.69. The first-order valence-corrected chi connectivity index (χ1v) is 6.02. The van der Waals surface area contributed by atoms with Crippen LogP contribution in [0.1, 0.15) is 11.3 Å². The van der Waals surface area contributed by atoms with Crippen LogP contribution in [-0.2, 0) is 0 Å². The summed E-state index contributed by atoms with van der Waals surface area (Å²) < 4.78 is 9.89. The van der Waals surface area contributed by atoms with Crippen LogP contribution in [0.3, 0.4) is 0 Å². The molecule has 1 aromatic carbocycles. The Balaban J connectivity index is 2.14. The molecule has 0 aliphatic heterocycles. The zero-order valence-electron chi connectivity index (χ0n) is 10.6. The Morgan fingerprint density at radius 2 is 1.80 bits per heavy atom. The van der Waals surface area contributed by atoms with Crippen LogP contribution in [0.4, 0.5) is 0 Å². The number of hydrogen-bond acceptors (Lipinski definition) is 3. The van der Waals surface area contributed by atoms with E-state index in [0.29, 0.717) is 0 Å². The molecule has 0 aliphatic carbocycles. The van der Waals surface area contributed by atoms with Crippen molar-refractivity contribution >= 4 is 11.6 Å². The molecule has 0 N–H and O–H groups in total. The molecule has 2 aromatic rings. The molecule has 0 radical (unpaired) electrons. The van der Waals surface area contributed by atoms with Gasteiger partial charge in [0.1, 0.15) is 5.75 Å². The van der Waals surface area contributed by atoms with Crippen molar-refractivity contribution in [2.75, 3.05) is 7.11 Å². The van der Waals surface area contributed by atoms with E-state index in [-0.39, 0.29) is 10.8 Å². The molecule has 2 rings (SSSR count). The lowest BCUT2D eigenvalue weighted by molar-refractivity contribution is 0.415. The van der Waals surface area contributed by atoms with E-state index in [2.05, 4.69) is 23.7 Å². The smallest absolute Gasteiger partial charge is 0.338 e. The second kappa shape index (κ2) is 6.52. The molecule has 4 heteroatoms. The van der Waals surface area contributed by atoms with Crippen LogP contribution >= 0.6 is 11.6 Å². The van der Waals surface area contributed by atoms with Gasteiger partial charge in [0, 0.05) is 17.7 Å². The zero-order valence-corrected chi connectivity index (χ0v) is 11.3. The summed E-state index contributed by atoms with van der Waals surface area (Å²) >= 11 is 5.71. The van der Waals surface area contributed by atoms with E-state index < -0.39 is 5.63 Å². The van der Waals surface area contributed by atoms with Crippen molar-refractivity contribution in [2.45, 2.75) is 0 Å². The molecule has 98 valence electrons. The third-order valence-electron chi connectivity index (χ3n) is 2.28. The van der Waals surface area contributed by atoms with E-state index in [4.69, 9.17) is 20.8 Å². The standard InChI is InChI=1S/C16H9ClO3/c1-19-14-8-6-12(7-9-14)4-2-3-5-15-10-13(17)11-16(18)20-15/h6-11H,1H3. The van der Waals surface area contributed by atoms with Crippen LogP contribution in [0.25, 0.3) is 0 Å². The summed E-state index contributed by atoms with van der Waals surface area (Å²) in [6.45, 7) is 0. The molecule has 0 saturated carbocycles. The van der Waals surface area contributed by atoms with Crippen LogP contribution in [0.2, 0.25) is 5.02 Å². The lowest BCUT2D eigenvalue weighted by Gasteiger charge is -1.96. The van der Waals surface area contributed by atoms with Crippen molar-refractivity contribution in [3.63, 3.8) is 0 Å². The van der Waals surface area contributed by atoms with Crippen LogP contribution in [0.15, 0.2) is 45.6 Å². The number of hydrogen-bond donors (Lipinski definition) is 0. The fourth-order valence-electron chi connectivity index (χ4n) is 1.38. The maximum Gasteiger partial charge on any atom is 0.338 e. The van der Waals surface area contributed by atoms with Crippen LogP contribution in [0, 0.1) is 23.7 Å². The van der Waals surface area contributed by atoms with Gasteiger partial charge in [0.15, 0.2) is 5.76 Å². The minimum Gasteiger partial charge on any atom is -0.497 e. The predicted molar refractivity (Wildman–Crippen MR) is 76.7 cm³/mol. The van der Waals surface area contributed by atoms with Gasteiger partial charge in [-0.05, 0) is 42.0 Å². The molecule has 0 amide bonds. The molecule has 20 heavy (non-hydrogen) atoms. The Bertz CT molecular complexity index is 781. The van der Waals surface area contributed by atoms with E-state index in [1.165, 1.54) is 12.1 Å². The van der Waals surface area contributed by atoms with Gasteiger partial charge in [0.25, 0.3) is 0 Å². The molecule has 3 nitrogen and oxygen atoms in total. The number of halogens is 1. The Labute approximate surface area is 121 Å². The van der Waals surface area contributed by atoms with Gasteiger partial charge < -0.3 is 9.15 Å². The highest BCUT2D eigenvalue weighted by Gasteiger charge is 1.95. The molecule has 1 heterocycles. The van der Waals surface area contributed by atoms with Crippen LogP contribution in [-0.4, -0.2) is 7.11 Å². The summed E-state index contributed by atoms with van der Waals surface area (Å²) in [6, 6.07) is 9.92. The van der Waals surface area contributed by atoms with Crippen molar-refractivity contribution in [3.8, 4) is 29.4 Å². The Hall–Kier alpha value is -2.62. The van der Waals surface area contributed by atoms with Gasteiger partial charge in [-0.3, -0.25) is 0 Å². The first-order valence-electron chi connectivity index (χ1n) is 5.64. The fourth-order valence-corrected chi connectivity index (χ4v) is 1.57. The lowest BCUT2D eigenvalue weighted by Crippen LogP contribution is -1.96. The zero-order chi connectivity index (χ0) is 14.4. The van der Waals surface area contributed by atoms with E-state index >= 15 is 0 Å². The Kier molecular flexibility index (Phi) is 4.50. The molecule has 0 atom stereocenters. The molecular weight excluding hydrogens is 276 g/mol. The lowest BCUT2D eigenvalue weighted by atomic mass is 10.2. The summed E-state index contributed by atoms with van der Waals surface area (Å²) in [4.78, 5) is 11.1. The average molecular weight is 285 g/mol. The molecule has 0 fully saturated rings. The predicted octanol–water partition coefficient (Wildman–Crippen LogP) is 2.71. The summed E-state index contributed by atoms with van der Waals surface area (Å²) in [7, 11) is 1.60. The summed E-state index contributed by atoms with van der Waals surface area (Å²) in [5.41, 5.74) is 0.276. The number of ether oxygens (including phenoxy) is 1. The summed E-state index contributed by atoms with van der Waals surface area (Å²) in [6.07, 6.45) is 0. The fraction of sp³-hybridized carbons (Fsp3) is 0.0625. The summed E-state index contributed by atoms with van der Waals surface area (Å²) in [5.74, 6) is 11.7. The third-order valence-corrected chi connectivity index (χ3v) is 2.50. The maximum atomic E-state index is 11.1. The van der Waals surface area contributed by atoms with Crippen LogP contribution < -0.4 is 10.4 Å². The van der Waals surface area contributed by atoms with Crippen molar-refractivity contribution in [3.05, 3.63) is 63.2 Å². The van der Waals surface area contributed by atoms with Crippen molar-refractivity contribution in [1.82, 2.24) is 0 Å². The van der Waals surface area contributed by atoms with Crippen molar-refractivity contribution < 1.29 is 9.15 Å². The number of rotatable bonds is 1. The normalized spacial score (nSPS) is 8.90. The van der Waals surface area contributed by atoms with Gasteiger partial charge in [-0.1, -0.05) is 17.5 Å². The molecule has 0 spiro atoms. The monoisotopic (exact) mass is 284 g/mol. The average Bonchev–Trinajstić information content (AvgIpc) is 2.43. The summed E-state index contributed by atoms with van der Waals surface area (Å²) in [5, 5.41) is 0.286. The van der Waals surface area contributed by atoms with E-state index in [9.17, 15) is 4.79 Å². The highest BCUT2D eigenvalue weighted by molar-refractivity contribution is 6.30. The van der Waals surface area contributed by atoms with E-state index in [1.54, 1.807) is 7.11 Å². The molecule has 0 saturated heterocycles. The van der Waals surface area contributed by atoms with Gasteiger partial charge in [-0.2, -0.15) is 0 Å². The van der Waals surface area contributed by atoms with Gasteiger partial charge >= 0.3 is 5.63 Å². The molecule has 1 aromatic heterocycles. The molecular formula is C16H9ClO3. The Morgan fingerprint density at radius 1 is 1.10 bits per heavy atom. The first-order chi connectivity index (χ1) is 9.67. The maximum absolute atomic E-state index is 11.1. The number of methoxy groups -OCH3 is 1. The van der Waals surface area contributed by atoms with E-state index in [1.807, 2.05) is 24.3 Å². The number of benzene rings is 1. The van der Waals surface area contributed by atoms with E-state index in [0.717, 1.165) is 11.3 Å². The first kappa shape index (κ1) is 13.8. The second-order valence-corrected chi connectivity index (χ2v) is 4.12. The highest BCUT2D eigenvalue weighted by Crippen LogP contribution is 2.10. The topological polar surface area (TPSA) is 39.4 Å². The third kappa shape index (κ3) is 3.95. The van der Waals surface area contributed by atoms with Gasteiger partial charge in [-0.15, -0.1) is 0 Å². The molecule has 0 bridgehead atoms. The van der Waals surface area contributed by atoms with Gasteiger partial charge in [0.2, 0.25) is 0 Å². The molecule has 0 aliphatic rings. The van der Waals surface area contributed by atoms with Gasteiger partial charge in [-0.25, -0.2) is 4.79 Å². The largest absolute Gasteiger partial charge is 0.497 e. The van der Waals surface area contributed by atoms with Crippen LogP contribution in [0.5, 0.6) is 5.75 Å². The van der Waals surface area contributed by atoms with Crippen molar-refractivity contribution in [1.29, 1.82) is 0 Å². The molecule has 0 unspecified atom stereocenters. The SMILES string of the molecule is COc1ccc(C#CC#Cc2cc(Cl)cc(=O)o2)cc1. The van der Waals surface area contributed by atoms with Gasteiger partial charge in [0.05, 0.1) is 12.1 Å². The quantitative estimate of drug-likeness (QED) is 0.756. The Morgan fingerprint density at radius 3 is 2.45 bits per heavy atom. The minimum absolute atomic E-state index is 0.187. The highest BCUT2D eigenvalue weighted by atomic mass is 35.5.